The summed E-state index contributed by atoms with van der Waals surface area (Å²) in [6.07, 6.45) is 2.23. The molecule has 2 aromatic heterocycles. The summed E-state index contributed by atoms with van der Waals surface area (Å²) < 4.78 is 34.8. The highest BCUT2D eigenvalue weighted by Gasteiger charge is 2.35. The molecule has 2 aromatic rings. The summed E-state index contributed by atoms with van der Waals surface area (Å²) in [5.41, 5.74) is 0.860. The lowest BCUT2D eigenvalue weighted by atomic mass is 10.2. The van der Waals surface area contributed by atoms with Crippen molar-refractivity contribution in [2.24, 2.45) is 5.92 Å². The summed E-state index contributed by atoms with van der Waals surface area (Å²) in [6.45, 7) is 0.477. The summed E-state index contributed by atoms with van der Waals surface area (Å²) in [4.78, 5) is 35.7. The van der Waals surface area contributed by atoms with Gasteiger partial charge in [0.15, 0.2) is 29.1 Å². The lowest BCUT2D eigenvalue weighted by molar-refractivity contribution is -0.0239. The molecule has 4 rings (SSSR count). The second kappa shape index (κ2) is 8.40. The van der Waals surface area contributed by atoms with E-state index in [1.54, 1.807) is 0 Å². The standard InChI is InChI=1S/C14H21ClN6O7P2/c15-14-17-12(16-5-8-1-2-8)11-13(18-14)21(20-19-11)10-4-3-9(28-10)6-27-30(25,26)7-29(22,23)24/h8-10H,1-7H2,(H,25,26)(H,16,17,18)(H2,22,23,24)/t9-,10+/m0/s1. The van der Waals surface area contributed by atoms with Crippen LogP contribution in [-0.2, 0) is 18.4 Å². The monoisotopic (exact) mass is 482 g/mol. The molecule has 0 bridgehead atoms. The summed E-state index contributed by atoms with van der Waals surface area (Å²) in [6, 6.07) is 0. The second-order valence-corrected chi connectivity index (χ2v) is 11.7. The minimum Gasteiger partial charge on any atom is -0.368 e. The summed E-state index contributed by atoms with van der Waals surface area (Å²) in [5.74, 6) is -0.119. The highest BCUT2D eigenvalue weighted by Crippen LogP contribution is 2.55. The van der Waals surface area contributed by atoms with Crippen LogP contribution in [0.2, 0.25) is 5.28 Å². The second-order valence-electron chi connectivity index (χ2n) is 7.40. The Morgan fingerprint density at radius 3 is 2.67 bits per heavy atom. The van der Waals surface area contributed by atoms with Gasteiger partial charge in [-0.1, -0.05) is 5.21 Å². The molecule has 16 heteroatoms. The Hall–Kier alpha value is -1.17. The van der Waals surface area contributed by atoms with Crippen molar-refractivity contribution in [2.45, 2.75) is 38.0 Å². The smallest absolute Gasteiger partial charge is 0.340 e. The van der Waals surface area contributed by atoms with E-state index in [4.69, 9.17) is 30.6 Å². The molecule has 1 saturated carbocycles. The van der Waals surface area contributed by atoms with Gasteiger partial charge in [0.1, 0.15) is 0 Å². The molecule has 3 atom stereocenters. The molecular weight excluding hydrogens is 462 g/mol. The van der Waals surface area contributed by atoms with E-state index in [9.17, 15) is 14.0 Å². The van der Waals surface area contributed by atoms with Crippen LogP contribution < -0.4 is 5.32 Å². The van der Waals surface area contributed by atoms with E-state index >= 15 is 0 Å². The first-order valence-electron chi connectivity index (χ1n) is 9.28. The Kier molecular flexibility index (Phi) is 6.17. The van der Waals surface area contributed by atoms with Crippen molar-refractivity contribution >= 4 is 43.8 Å². The van der Waals surface area contributed by atoms with Crippen molar-refractivity contribution in [1.82, 2.24) is 25.0 Å². The lowest BCUT2D eigenvalue weighted by Gasteiger charge is -2.17. The third-order valence-corrected chi connectivity index (χ3v) is 8.36. The van der Waals surface area contributed by atoms with Crippen LogP contribution in [0.1, 0.15) is 31.9 Å². The molecule has 4 N–H and O–H groups in total. The number of nitrogens with one attached hydrogen (secondary N) is 1. The van der Waals surface area contributed by atoms with E-state index in [-0.39, 0.29) is 11.9 Å². The van der Waals surface area contributed by atoms with Crippen LogP contribution in [0, 0.1) is 5.92 Å². The molecule has 0 spiro atoms. The first kappa shape index (κ1) is 22.0. The molecule has 2 fully saturated rings. The van der Waals surface area contributed by atoms with Crippen LogP contribution in [0.5, 0.6) is 0 Å². The van der Waals surface area contributed by atoms with Crippen LogP contribution >= 0.6 is 26.8 Å². The first-order chi connectivity index (χ1) is 14.1. The van der Waals surface area contributed by atoms with Gasteiger partial charge >= 0.3 is 15.2 Å². The Morgan fingerprint density at radius 2 is 1.97 bits per heavy atom. The number of nitrogens with zero attached hydrogens (tertiary/aromatic N) is 5. The average molecular weight is 483 g/mol. The van der Waals surface area contributed by atoms with Crippen LogP contribution in [0.25, 0.3) is 11.2 Å². The maximum atomic E-state index is 11.8. The number of anilines is 1. The molecule has 1 saturated heterocycles. The van der Waals surface area contributed by atoms with Crippen LogP contribution in [0.4, 0.5) is 5.82 Å². The van der Waals surface area contributed by atoms with Crippen molar-refractivity contribution in [3.8, 4) is 0 Å². The molecule has 0 radical (unpaired) electrons. The van der Waals surface area contributed by atoms with Gasteiger partial charge in [-0.25, -0.2) is 0 Å². The van der Waals surface area contributed by atoms with Crippen molar-refractivity contribution < 1.29 is 33.1 Å². The molecule has 3 heterocycles. The van der Waals surface area contributed by atoms with Crippen molar-refractivity contribution in [2.75, 3.05) is 24.4 Å². The lowest BCUT2D eigenvalue weighted by Crippen LogP contribution is -2.17. The molecule has 13 nitrogen and oxygen atoms in total. The minimum atomic E-state index is -4.68. The van der Waals surface area contributed by atoms with Gasteiger partial charge in [-0.05, 0) is 43.2 Å². The van der Waals surface area contributed by atoms with Gasteiger partial charge in [-0.2, -0.15) is 14.6 Å². The minimum absolute atomic E-state index is 0.0425. The number of rotatable bonds is 9. The number of ether oxygens (including phenoxy) is 1. The predicted molar refractivity (Wildman–Crippen MR) is 105 cm³/mol. The van der Waals surface area contributed by atoms with E-state index in [1.165, 1.54) is 17.5 Å². The molecule has 0 amide bonds. The number of hydrogen-bond acceptors (Lipinski definition) is 9. The SMILES string of the molecule is O=P(O)(O)CP(=O)(O)OC[C@@H]1CC[C@H](n2nnc3c(NCC4CC4)nc(Cl)nc32)O1. The van der Waals surface area contributed by atoms with E-state index in [1.807, 2.05) is 0 Å². The molecular formula is C14H21ClN6O7P2. The van der Waals surface area contributed by atoms with E-state index < -0.39 is 33.4 Å². The zero-order valence-corrected chi connectivity index (χ0v) is 18.2. The van der Waals surface area contributed by atoms with Crippen LogP contribution in [0.15, 0.2) is 0 Å². The number of halogens is 1. The first-order valence-corrected chi connectivity index (χ1v) is 13.2. The van der Waals surface area contributed by atoms with Gasteiger partial charge in [-0.3, -0.25) is 9.13 Å². The van der Waals surface area contributed by atoms with Crippen molar-refractivity contribution in [1.29, 1.82) is 0 Å². The third-order valence-electron chi connectivity index (χ3n) is 4.73. The molecule has 1 unspecified atom stereocenters. The van der Waals surface area contributed by atoms with Gasteiger partial charge in [0.2, 0.25) is 5.28 Å². The summed E-state index contributed by atoms with van der Waals surface area (Å²) in [5, 5.41) is 11.5. The normalized spacial score (nSPS) is 24.3. The van der Waals surface area contributed by atoms with Gasteiger partial charge in [0.25, 0.3) is 0 Å². The quantitative estimate of drug-likeness (QED) is 0.300. The molecule has 0 aromatic carbocycles. The number of fused-ring (bicyclic) bond motifs is 1. The molecule has 2 aliphatic rings. The maximum Gasteiger partial charge on any atom is 0.340 e. The topological polar surface area (TPSA) is 182 Å². The largest absolute Gasteiger partial charge is 0.368 e. The fraction of sp³-hybridized carbons (Fsp3) is 0.714. The zero-order chi connectivity index (χ0) is 21.5. The van der Waals surface area contributed by atoms with Gasteiger partial charge in [0, 0.05) is 6.54 Å². The molecule has 166 valence electrons. The van der Waals surface area contributed by atoms with Gasteiger partial charge < -0.3 is 29.3 Å². The van der Waals surface area contributed by atoms with Crippen molar-refractivity contribution in [3.63, 3.8) is 0 Å². The molecule has 1 aliphatic heterocycles. The van der Waals surface area contributed by atoms with E-state index in [2.05, 4.69) is 25.6 Å². The van der Waals surface area contributed by atoms with E-state index in [0.29, 0.717) is 35.7 Å². The highest BCUT2D eigenvalue weighted by molar-refractivity contribution is 7.70. The fourth-order valence-corrected chi connectivity index (χ4v) is 5.90. The molecule has 1 aliphatic carbocycles. The fourth-order valence-electron chi connectivity index (χ4n) is 3.15. The Bertz CT molecular complexity index is 1030. The Morgan fingerprint density at radius 1 is 1.20 bits per heavy atom. The van der Waals surface area contributed by atoms with Crippen LogP contribution in [-0.4, -0.2) is 64.8 Å². The van der Waals surface area contributed by atoms with Gasteiger partial charge in [-0.15, -0.1) is 5.10 Å². The Labute approximate surface area is 175 Å². The third kappa shape index (κ3) is 5.54. The summed E-state index contributed by atoms with van der Waals surface area (Å²) in [7, 11) is -9.11. The number of hydrogen-bond donors (Lipinski definition) is 4. The Balaban J connectivity index is 1.42. The molecule has 30 heavy (non-hydrogen) atoms. The average Bonchev–Trinajstić information content (AvgIpc) is 3.17. The van der Waals surface area contributed by atoms with Gasteiger partial charge in [0.05, 0.1) is 12.7 Å². The van der Waals surface area contributed by atoms with E-state index in [0.717, 1.165) is 6.54 Å². The highest BCUT2D eigenvalue weighted by atomic mass is 35.5. The van der Waals surface area contributed by atoms with Crippen LogP contribution in [0.3, 0.4) is 0 Å². The maximum absolute atomic E-state index is 11.8. The zero-order valence-electron chi connectivity index (χ0n) is 15.7. The van der Waals surface area contributed by atoms with Crippen molar-refractivity contribution in [3.05, 3.63) is 5.28 Å². The number of aromatic nitrogens is 5. The summed E-state index contributed by atoms with van der Waals surface area (Å²) >= 11 is 6.06. The predicted octanol–water partition coefficient (Wildman–Crippen LogP) is 1.71.